The van der Waals surface area contributed by atoms with Gasteiger partial charge in [0.1, 0.15) is 11.9 Å². The van der Waals surface area contributed by atoms with E-state index >= 15 is 0 Å². The predicted octanol–water partition coefficient (Wildman–Crippen LogP) is 3.72. The SMILES string of the molecule is CC(C)(C)OC(=O)NCC1CCCC1C(=O)NCC1CCCC1C(=O)NCC1CCCC1C(=O)NCC1CCCC1C=O. The molecule has 0 aliphatic heterocycles. The molecular formula is C33H54N4O6. The summed E-state index contributed by atoms with van der Waals surface area (Å²) in [7, 11) is 0. The fourth-order valence-electron chi connectivity index (χ4n) is 7.99. The molecular weight excluding hydrogens is 548 g/mol. The van der Waals surface area contributed by atoms with Gasteiger partial charge in [0.2, 0.25) is 17.7 Å². The molecule has 4 N–H and O–H groups in total. The van der Waals surface area contributed by atoms with Crippen LogP contribution in [-0.2, 0) is 23.9 Å². The first-order valence-electron chi connectivity index (χ1n) is 16.8. The molecule has 8 unspecified atom stereocenters. The standard InChI is InChI=1S/C33H54N4O6/c1-33(2,3)43-32(42)37-19-24-11-7-15-28(24)31(41)36-18-23-10-6-14-27(23)30(40)35-17-22-9-5-13-26(22)29(39)34-16-21-8-4-12-25(21)20-38/h20-28H,4-19H2,1-3H3,(H,34,39)(H,35,40)(H,36,41)(H,37,42). The molecule has 4 saturated carbocycles. The van der Waals surface area contributed by atoms with Crippen LogP contribution >= 0.6 is 0 Å². The largest absolute Gasteiger partial charge is 0.444 e. The van der Waals surface area contributed by atoms with E-state index in [0.29, 0.717) is 26.2 Å². The Morgan fingerprint density at radius 2 is 0.953 bits per heavy atom. The van der Waals surface area contributed by atoms with Gasteiger partial charge in [-0.2, -0.15) is 0 Å². The van der Waals surface area contributed by atoms with E-state index in [9.17, 15) is 24.0 Å². The van der Waals surface area contributed by atoms with Crippen molar-refractivity contribution in [1.82, 2.24) is 21.3 Å². The summed E-state index contributed by atoms with van der Waals surface area (Å²) in [4.78, 5) is 62.7. The molecule has 0 aromatic rings. The lowest BCUT2D eigenvalue weighted by atomic mass is 9.91. The second-order valence-corrected chi connectivity index (χ2v) is 14.5. The number of alkyl carbamates (subject to hydrolysis) is 1. The van der Waals surface area contributed by atoms with Gasteiger partial charge in [-0.15, -0.1) is 0 Å². The third-order valence-electron chi connectivity index (χ3n) is 10.4. The number of carbonyl (C=O) groups excluding carboxylic acids is 5. The zero-order valence-corrected chi connectivity index (χ0v) is 26.5. The zero-order chi connectivity index (χ0) is 31.0. The van der Waals surface area contributed by atoms with Gasteiger partial charge >= 0.3 is 6.09 Å². The van der Waals surface area contributed by atoms with Crippen LogP contribution in [0.25, 0.3) is 0 Å². The van der Waals surface area contributed by atoms with Gasteiger partial charge in [-0.1, -0.05) is 25.7 Å². The molecule has 4 aliphatic carbocycles. The van der Waals surface area contributed by atoms with Gasteiger partial charge < -0.3 is 30.8 Å². The van der Waals surface area contributed by atoms with Crippen molar-refractivity contribution >= 4 is 30.1 Å². The van der Waals surface area contributed by atoms with Crippen molar-refractivity contribution in [1.29, 1.82) is 0 Å². The van der Waals surface area contributed by atoms with Crippen LogP contribution in [0.2, 0.25) is 0 Å². The molecule has 4 amide bonds. The molecule has 4 aliphatic rings. The molecule has 0 aromatic carbocycles. The molecule has 0 bridgehead atoms. The maximum Gasteiger partial charge on any atom is 0.407 e. The van der Waals surface area contributed by atoms with Gasteiger partial charge in [0.25, 0.3) is 0 Å². The molecule has 0 saturated heterocycles. The summed E-state index contributed by atoms with van der Waals surface area (Å²) in [5.74, 6) is 0.331. The van der Waals surface area contributed by atoms with Gasteiger partial charge in [0.05, 0.1) is 0 Å². The Morgan fingerprint density at radius 1 is 0.581 bits per heavy atom. The third-order valence-corrected chi connectivity index (χ3v) is 10.4. The van der Waals surface area contributed by atoms with Crippen LogP contribution in [0.5, 0.6) is 0 Å². The van der Waals surface area contributed by atoms with Crippen molar-refractivity contribution in [2.45, 2.75) is 103 Å². The average molecular weight is 603 g/mol. The minimum atomic E-state index is -0.564. The lowest BCUT2D eigenvalue weighted by molar-refractivity contribution is -0.129. The number of carbonyl (C=O) groups is 5. The highest BCUT2D eigenvalue weighted by Crippen LogP contribution is 2.35. The molecule has 8 atom stereocenters. The van der Waals surface area contributed by atoms with Crippen molar-refractivity contribution in [3.05, 3.63) is 0 Å². The summed E-state index contributed by atoms with van der Waals surface area (Å²) in [6.07, 6.45) is 11.6. The number of ether oxygens (including phenoxy) is 1. The molecule has 0 heterocycles. The highest BCUT2D eigenvalue weighted by molar-refractivity contribution is 5.81. The van der Waals surface area contributed by atoms with E-state index in [-0.39, 0.29) is 65.1 Å². The normalized spacial score (nSPS) is 32.3. The lowest BCUT2D eigenvalue weighted by Crippen LogP contribution is -2.43. The maximum atomic E-state index is 13.2. The lowest BCUT2D eigenvalue weighted by Gasteiger charge is -2.25. The number of hydrogen-bond acceptors (Lipinski definition) is 6. The van der Waals surface area contributed by atoms with E-state index < -0.39 is 11.7 Å². The maximum absolute atomic E-state index is 13.2. The van der Waals surface area contributed by atoms with Crippen LogP contribution in [0.4, 0.5) is 4.79 Å². The van der Waals surface area contributed by atoms with E-state index in [1.54, 1.807) is 0 Å². The average Bonchev–Trinajstić information content (AvgIpc) is 3.77. The molecule has 10 heteroatoms. The number of nitrogens with one attached hydrogen (secondary N) is 4. The minimum absolute atomic E-state index is 0.0106. The summed E-state index contributed by atoms with van der Waals surface area (Å²) >= 11 is 0. The Hall–Kier alpha value is -2.65. The summed E-state index contributed by atoms with van der Waals surface area (Å²) in [5.41, 5.74) is -0.564. The van der Waals surface area contributed by atoms with Crippen LogP contribution in [0.15, 0.2) is 0 Å². The molecule has 43 heavy (non-hydrogen) atoms. The van der Waals surface area contributed by atoms with E-state index in [4.69, 9.17) is 4.74 Å². The topological polar surface area (TPSA) is 143 Å². The van der Waals surface area contributed by atoms with Crippen molar-refractivity contribution in [3.63, 3.8) is 0 Å². The first-order valence-corrected chi connectivity index (χ1v) is 16.8. The first kappa shape index (κ1) is 33.2. The van der Waals surface area contributed by atoms with Crippen LogP contribution < -0.4 is 21.3 Å². The summed E-state index contributed by atoms with van der Waals surface area (Å²) in [6.45, 7) is 7.44. The second-order valence-electron chi connectivity index (χ2n) is 14.5. The Bertz CT molecular complexity index is 996. The number of rotatable bonds is 12. The number of aldehydes is 1. The molecule has 10 nitrogen and oxygen atoms in total. The summed E-state index contributed by atoms with van der Waals surface area (Å²) in [6, 6.07) is 0. The first-order chi connectivity index (χ1) is 20.6. The molecule has 242 valence electrons. The monoisotopic (exact) mass is 602 g/mol. The van der Waals surface area contributed by atoms with Crippen molar-refractivity contribution in [3.8, 4) is 0 Å². The Labute approximate surface area is 257 Å². The predicted molar refractivity (Wildman–Crippen MR) is 163 cm³/mol. The molecule has 0 aromatic heterocycles. The Morgan fingerprint density at radius 3 is 1.37 bits per heavy atom. The molecule has 0 radical (unpaired) electrons. The van der Waals surface area contributed by atoms with Gasteiger partial charge in [-0.05, 0) is 95.8 Å². The number of hydrogen-bond donors (Lipinski definition) is 4. The van der Waals surface area contributed by atoms with Gasteiger partial charge in [0, 0.05) is 49.9 Å². The highest BCUT2D eigenvalue weighted by Gasteiger charge is 2.38. The van der Waals surface area contributed by atoms with Crippen LogP contribution in [-0.4, -0.2) is 61.9 Å². The van der Waals surface area contributed by atoms with E-state index in [1.165, 1.54) is 0 Å². The fourth-order valence-corrected chi connectivity index (χ4v) is 7.99. The van der Waals surface area contributed by atoms with Crippen molar-refractivity contribution in [2.75, 3.05) is 26.2 Å². The number of amides is 4. The van der Waals surface area contributed by atoms with Crippen molar-refractivity contribution < 1.29 is 28.7 Å². The van der Waals surface area contributed by atoms with E-state index in [2.05, 4.69) is 21.3 Å². The fraction of sp³-hybridized carbons (Fsp3) is 0.848. The van der Waals surface area contributed by atoms with Crippen molar-refractivity contribution in [2.24, 2.45) is 47.3 Å². The smallest absolute Gasteiger partial charge is 0.407 e. The second kappa shape index (κ2) is 15.4. The Balaban J connectivity index is 1.18. The molecule has 0 spiro atoms. The van der Waals surface area contributed by atoms with Gasteiger partial charge in [-0.25, -0.2) is 4.79 Å². The summed E-state index contributed by atoms with van der Waals surface area (Å²) < 4.78 is 5.33. The van der Waals surface area contributed by atoms with E-state index in [1.807, 2.05) is 20.8 Å². The van der Waals surface area contributed by atoms with Crippen LogP contribution in [0.3, 0.4) is 0 Å². The van der Waals surface area contributed by atoms with Crippen LogP contribution in [0.1, 0.15) is 97.8 Å². The quantitative estimate of drug-likeness (QED) is 0.251. The van der Waals surface area contributed by atoms with Gasteiger partial charge in [0.15, 0.2) is 0 Å². The van der Waals surface area contributed by atoms with E-state index in [0.717, 1.165) is 83.3 Å². The van der Waals surface area contributed by atoms with Crippen LogP contribution in [0, 0.1) is 47.3 Å². The minimum Gasteiger partial charge on any atom is -0.444 e. The highest BCUT2D eigenvalue weighted by atomic mass is 16.6. The molecule has 4 rings (SSSR count). The third kappa shape index (κ3) is 9.42. The Kier molecular flexibility index (Phi) is 11.9. The van der Waals surface area contributed by atoms with Gasteiger partial charge in [-0.3, -0.25) is 14.4 Å². The molecule has 4 fully saturated rings. The summed E-state index contributed by atoms with van der Waals surface area (Å²) in [5, 5.41) is 12.2. The zero-order valence-electron chi connectivity index (χ0n) is 26.5.